The average Bonchev–Trinajstić information content (AvgIpc) is 3.10. The minimum Gasteiger partial charge on any atom is -0.327 e. The van der Waals surface area contributed by atoms with E-state index in [0.717, 1.165) is 43.9 Å². The summed E-state index contributed by atoms with van der Waals surface area (Å²) in [5.41, 5.74) is 2.87. The quantitative estimate of drug-likeness (QED) is 0.821. The smallest absolute Gasteiger partial charge is 0.254 e. The zero-order valence-electron chi connectivity index (χ0n) is 16.4. The van der Waals surface area contributed by atoms with E-state index in [2.05, 4.69) is 29.0 Å². The Bertz CT molecular complexity index is 827. The zero-order valence-corrected chi connectivity index (χ0v) is 16.4. The first-order valence-corrected chi connectivity index (χ1v) is 9.99. The zero-order chi connectivity index (χ0) is 19.5. The maximum atomic E-state index is 13.1. The van der Waals surface area contributed by atoms with Crippen LogP contribution < -0.4 is 0 Å². The third kappa shape index (κ3) is 4.16. The molecule has 2 aromatic carbocycles. The number of carbonyl (C=O) groups excluding carboxylic acids is 2. The van der Waals surface area contributed by atoms with Gasteiger partial charge in [-0.3, -0.25) is 14.5 Å². The van der Waals surface area contributed by atoms with Crippen LogP contribution in [0.3, 0.4) is 0 Å². The number of likely N-dealkylation sites (tertiary alicyclic amines) is 1. The Labute approximate surface area is 166 Å². The lowest BCUT2D eigenvalue weighted by Crippen LogP contribution is -2.50. The van der Waals surface area contributed by atoms with Crippen LogP contribution in [0, 0.1) is 0 Å². The van der Waals surface area contributed by atoms with Gasteiger partial charge in [0.25, 0.3) is 5.91 Å². The number of nitrogens with zero attached hydrogens (tertiary/aromatic N) is 3. The molecule has 4 rings (SSSR count). The van der Waals surface area contributed by atoms with Gasteiger partial charge in [-0.25, -0.2) is 0 Å². The number of benzene rings is 2. The summed E-state index contributed by atoms with van der Waals surface area (Å²) in [6.07, 6.45) is 0.472. The van der Waals surface area contributed by atoms with E-state index in [1.807, 2.05) is 42.5 Å². The van der Waals surface area contributed by atoms with Crippen LogP contribution in [0.15, 0.2) is 54.6 Å². The summed E-state index contributed by atoms with van der Waals surface area (Å²) < 4.78 is 0. The van der Waals surface area contributed by atoms with Crippen molar-refractivity contribution in [1.29, 1.82) is 0 Å². The molecule has 1 amide bonds. The van der Waals surface area contributed by atoms with Crippen molar-refractivity contribution in [2.24, 2.45) is 0 Å². The van der Waals surface area contributed by atoms with E-state index in [9.17, 15) is 9.59 Å². The van der Waals surface area contributed by atoms with Crippen molar-refractivity contribution < 1.29 is 9.59 Å². The molecule has 5 heteroatoms. The Morgan fingerprint density at radius 3 is 2.25 bits per heavy atom. The number of likely N-dealkylation sites (N-methyl/N-ethyl adjacent to an activating group) is 1. The van der Waals surface area contributed by atoms with E-state index in [1.165, 1.54) is 0 Å². The van der Waals surface area contributed by atoms with E-state index in [4.69, 9.17) is 0 Å². The summed E-state index contributed by atoms with van der Waals surface area (Å²) >= 11 is 0. The monoisotopic (exact) mass is 377 g/mol. The number of amides is 1. The van der Waals surface area contributed by atoms with E-state index in [1.54, 1.807) is 4.90 Å². The summed E-state index contributed by atoms with van der Waals surface area (Å²) in [6.45, 7) is 5.08. The molecule has 0 bridgehead atoms. The highest BCUT2D eigenvalue weighted by Gasteiger charge is 2.35. The van der Waals surface area contributed by atoms with E-state index in [0.29, 0.717) is 12.0 Å². The Morgan fingerprint density at radius 2 is 1.57 bits per heavy atom. The minimum atomic E-state index is -0.0374. The van der Waals surface area contributed by atoms with E-state index >= 15 is 0 Å². The number of Topliss-reactive ketones (excluding diaryl/α,β-unsaturated/α-hetero) is 1. The van der Waals surface area contributed by atoms with Crippen LogP contribution in [-0.2, 0) is 4.79 Å². The van der Waals surface area contributed by atoms with Crippen LogP contribution in [0.25, 0.3) is 11.1 Å². The van der Waals surface area contributed by atoms with Crippen LogP contribution in [0.2, 0.25) is 0 Å². The van der Waals surface area contributed by atoms with Crippen molar-refractivity contribution in [2.45, 2.75) is 12.5 Å². The predicted octanol–water partition coefficient (Wildman–Crippen LogP) is 2.38. The van der Waals surface area contributed by atoms with Crippen molar-refractivity contribution in [3.05, 3.63) is 60.2 Å². The van der Waals surface area contributed by atoms with Gasteiger partial charge in [-0.05, 0) is 30.3 Å². The van der Waals surface area contributed by atoms with Gasteiger partial charge in [-0.1, -0.05) is 42.5 Å². The molecule has 2 aliphatic rings. The summed E-state index contributed by atoms with van der Waals surface area (Å²) in [4.78, 5) is 31.7. The number of ketones is 1. The number of piperazine rings is 1. The molecule has 2 aliphatic heterocycles. The first-order chi connectivity index (χ1) is 13.6. The van der Waals surface area contributed by atoms with Crippen LogP contribution in [-0.4, -0.2) is 78.7 Å². The lowest BCUT2D eigenvalue weighted by molar-refractivity contribution is -0.116. The van der Waals surface area contributed by atoms with Gasteiger partial charge >= 0.3 is 0 Å². The molecule has 2 fully saturated rings. The third-order valence-electron chi connectivity index (χ3n) is 5.82. The molecule has 146 valence electrons. The molecular weight excluding hydrogens is 350 g/mol. The van der Waals surface area contributed by atoms with E-state index < -0.39 is 0 Å². The predicted molar refractivity (Wildman–Crippen MR) is 110 cm³/mol. The Balaban J connectivity index is 1.45. The number of hydrogen-bond acceptors (Lipinski definition) is 4. The number of rotatable bonds is 4. The fraction of sp³-hybridized carbons (Fsp3) is 0.391. The fourth-order valence-electron chi connectivity index (χ4n) is 4.09. The fourth-order valence-corrected chi connectivity index (χ4v) is 4.09. The van der Waals surface area contributed by atoms with Gasteiger partial charge < -0.3 is 9.80 Å². The van der Waals surface area contributed by atoms with Crippen molar-refractivity contribution in [3.63, 3.8) is 0 Å². The molecule has 1 atom stereocenters. The topological polar surface area (TPSA) is 43.9 Å². The Morgan fingerprint density at radius 1 is 0.929 bits per heavy atom. The first-order valence-electron chi connectivity index (χ1n) is 9.99. The molecule has 0 radical (unpaired) electrons. The second-order valence-electron chi connectivity index (χ2n) is 7.88. The van der Waals surface area contributed by atoms with Crippen LogP contribution >= 0.6 is 0 Å². The molecule has 0 aromatic heterocycles. The minimum absolute atomic E-state index is 0.0165. The number of hydrogen-bond donors (Lipinski definition) is 0. The van der Waals surface area contributed by atoms with Gasteiger partial charge in [0.2, 0.25) is 0 Å². The van der Waals surface area contributed by atoms with Crippen molar-refractivity contribution in [3.8, 4) is 11.1 Å². The summed E-state index contributed by atoms with van der Waals surface area (Å²) in [5.74, 6) is 0.123. The average molecular weight is 377 g/mol. The third-order valence-corrected chi connectivity index (χ3v) is 5.82. The molecular formula is C23H27N3O2. The lowest BCUT2D eigenvalue weighted by Gasteiger charge is -2.35. The second-order valence-corrected chi connectivity index (χ2v) is 7.88. The SMILES string of the molecule is CN1CCN(C[C@@H]2CC(=O)CN2C(=O)c2ccc(-c3ccccc3)cc2)CC1. The highest BCUT2D eigenvalue weighted by atomic mass is 16.2. The van der Waals surface area contributed by atoms with Crippen LogP contribution in [0.1, 0.15) is 16.8 Å². The van der Waals surface area contributed by atoms with Gasteiger partial charge in [0, 0.05) is 44.7 Å². The number of carbonyl (C=O) groups is 2. The molecule has 0 spiro atoms. The van der Waals surface area contributed by atoms with Crippen molar-refractivity contribution >= 4 is 11.7 Å². The van der Waals surface area contributed by atoms with Gasteiger partial charge in [0.15, 0.2) is 5.78 Å². The van der Waals surface area contributed by atoms with Gasteiger partial charge in [-0.2, -0.15) is 0 Å². The van der Waals surface area contributed by atoms with Gasteiger partial charge in [0.1, 0.15) is 0 Å². The largest absolute Gasteiger partial charge is 0.327 e. The highest BCUT2D eigenvalue weighted by molar-refractivity contribution is 5.99. The summed E-state index contributed by atoms with van der Waals surface area (Å²) in [6, 6.07) is 17.8. The Hall–Kier alpha value is -2.50. The van der Waals surface area contributed by atoms with Crippen molar-refractivity contribution in [1.82, 2.24) is 14.7 Å². The van der Waals surface area contributed by atoms with Crippen LogP contribution in [0.5, 0.6) is 0 Å². The molecule has 2 aromatic rings. The van der Waals surface area contributed by atoms with E-state index in [-0.39, 0.29) is 24.3 Å². The van der Waals surface area contributed by atoms with Gasteiger partial charge in [0.05, 0.1) is 12.6 Å². The highest BCUT2D eigenvalue weighted by Crippen LogP contribution is 2.23. The standard InChI is InChI=1S/C23H27N3O2/c1-24-11-13-25(14-12-24)16-21-15-22(27)17-26(21)23(28)20-9-7-19(8-10-20)18-5-3-2-4-6-18/h2-10,21H,11-17H2,1H3/t21-/m0/s1. The molecule has 2 saturated heterocycles. The molecule has 28 heavy (non-hydrogen) atoms. The molecule has 0 unspecified atom stereocenters. The molecule has 0 saturated carbocycles. The first kappa shape index (κ1) is 18.8. The summed E-state index contributed by atoms with van der Waals surface area (Å²) in [7, 11) is 2.13. The maximum absolute atomic E-state index is 13.1. The van der Waals surface area contributed by atoms with Crippen molar-refractivity contribution in [2.75, 3.05) is 46.3 Å². The lowest BCUT2D eigenvalue weighted by atomic mass is 10.0. The molecule has 0 N–H and O–H groups in total. The molecule has 0 aliphatic carbocycles. The maximum Gasteiger partial charge on any atom is 0.254 e. The van der Waals surface area contributed by atoms with Crippen LogP contribution in [0.4, 0.5) is 0 Å². The molecule has 5 nitrogen and oxygen atoms in total. The summed E-state index contributed by atoms with van der Waals surface area (Å²) in [5, 5.41) is 0. The Kier molecular flexibility index (Phi) is 5.55. The molecule has 2 heterocycles. The second kappa shape index (κ2) is 8.25. The normalized spacial score (nSPS) is 21.2. The van der Waals surface area contributed by atoms with Gasteiger partial charge in [-0.15, -0.1) is 0 Å².